The fourth-order valence-electron chi connectivity index (χ4n) is 2.79. The third-order valence-electron chi connectivity index (χ3n) is 4.30. The molecule has 3 rings (SSSR count). The normalized spacial score (nSPS) is 11.8. The van der Waals surface area contributed by atoms with Crippen LogP contribution in [0.25, 0.3) is 0 Å². The van der Waals surface area contributed by atoms with Gasteiger partial charge in [0.15, 0.2) is 18.1 Å². The number of hydrogen-bond acceptors (Lipinski definition) is 8. The fourth-order valence-corrected chi connectivity index (χ4v) is 3.79. The van der Waals surface area contributed by atoms with Crippen LogP contribution in [0.4, 0.5) is 5.00 Å². The van der Waals surface area contributed by atoms with Crippen molar-refractivity contribution in [2.45, 2.75) is 33.1 Å². The number of hydrogen-bond donors (Lipinski definition) is 1. The maximum Gasteiger partial charge on any atom is 0.341 e. The van der Waals surface area contributed by atoms with E-state index in [1.165, 1.54) is 11.3 Å². The molecule has 1 amide bonds. The molecule has 0 saturated heterocycles. The number of aryl methyl sites for hydroxylation is 2. The van der Waals surface area contributed by atoms with E-state index in [1.54, 1.807) is 19.1 Å². The van der Waals surface area contributed by atoms with Crippen molar-refractivity contribution in [3.05, 3.63) is 40.3 Å². The van der Waals surface area contributed by atoms with E-state index in [-0.39, 0.29) is 19.8 Å². The lowest BCUT2D eigenvalue weighted by molar-refractivity contribution is -0.147. The van der Waals surface area contributed by atoms with E-state index in [4.69, 9.17) is 18.9 Å². The summed E-state index contributed by atoms with van der Waals surface area (Å²) in [5.74, 6) is -0.167. The Labute approximate surface area is 178 Å². The van der Waals surface area contributed by atoms with Gasteiger partial charge in [0, 0.05) is 11.3 Å². The largest absolute Gasteiger partial charge is 0.462 e. The first kappa shape index (κ1) is 21.6. The van der Waals surface area contributed by atoms with Crippen molar-refractivity contribution in [1.29, 1.82) is 0 Å². The van der Waals surface area contributed by atoms with Crippen molar-refractivity contribution < 1.29 is 33.3 Å². The summed E-state index contributed by atoms with van der Waals surface area (Å²) < 4.78 is 20.6. The minimum absolute atomic E-state index is 0.125. The summed E-state index contributed by atoms with van der Waals surface area (Å²) in [6, 6.07) is 7.17. The Morgan fingerprint density at radius 3 is 2.67 bits per heavy atom. The van der Waals surface area contributed by atoms with Gasteiger partial charge in [-0.05, 0) is 43.5 Å². The molecule has 0 atom stereocenters. The number of carbonyl (C=O) groups is 3. The molecule has 160 valence electrons. The number of amides is 1. The van der Waals surface area contributed by atoms with Gasteiger partial charge in [-0.1, -0.05) is 13.0 Å². The third kappa shape index (κ3) is 5.50. The average molecular weight is 433 g/mol. The SMILES string of the molecule is CCOC(=O)c1cc(CC)sc1NC(=O)COC(=O)CCc1ccc2c(c1)OCO2. The Hall–Kier alpha value is -3.07. The van der Waals surface area contributed by atoms with Gasteiger partial charge < -0.3 is 24.3 Å². The van der Waals surface area contributed by atoms with Gasteiger partial charge in [-0.15, -0.1) is 11.3 Å². The smallest absolute Gasteiger partial charge is 0.341 e. The molecular formula is C21H23NO7S. The summed E-state index contributed by atoms with van der Waals surface area (Å²) in [5, 5.41) is 3.03. The molecule has 8 nitrogen and oxygen atoms in total. The van der Waals surface area contributed by atoms with Crippen LogP contribution < -0.4 is 14.8 Å². The molecule has 1 aromatic carbocycles. The first-order valence-corrected chi connectivity index (χ1v) is 10.5. The van der Waals surface area contributed by atoms with Crippen molar-refractivity contribution in [1.82, 2.24) is 0 Å². The molecule has 0 aliphatic carbocycles. The molecule has 1 aromatic heterocycles. The Balaban J connectivity index is 1.48. The zero-order valence-electron chi connectivity index (χ0n) is 16.8. The Morgan fingerprint density at radius 1 is 1.10 bits per heavy atom. The van der Waals surface area contributed by atoms with Crippen molar-refractivity contribution in [3.8, 4) is 11.5 Å². The first-order chi connectivity index (χ1) is 14.5. The molecule has 0 spiro atoms. The highest BCUT2D eigenvalue weighted by Gasteiger charge is 2.19. The van der Waals surface area contributed by atoms with E-state index >= 15 is 0 Å². The quantitative estimate of drug-likeness (QED) is 0.606. The van der Waals surface area contributed by atoms with E-state index in [9.17, 15) is 14.4 Å². The first-order valence-electron chi connectivity index (χ1n) is 9.64. The molecule has 2 aromatic rings. The summed E-state index contributed by atoms with van der Waals surface area (Å²) in [6.45, 7) is 3.67. The number of anilines is 1. The molecule has 0 fully saturated rings. The Morgan fingerprint density at radius 2 is 1.90 bits per heavy atom. The van der Waals surface area contributed by atoms with Crippen molar-refractivity contribution in [2.75, 3.05) is 25.3 Å². The summed E-state index contributed by atoms with van der Waals surface area (Å²) in [4.78, 5) is 37.2. The fraction of sp³-hybridized carbons (Fsp3) is 0.381. The second-order valence-corrected chi connectivity index (χ2v) is 7.56. The lowest BCUT2D eigenvalue weighted by Crippen LogP contribution is -2.21. The number of fused-ring (bicyclic) bond motifs is 1. The van der Waals surface area contributed by atoms with E-state index in [0.29, 0.717) is 28.5 Å². The minimum Gasteiger partial charge on any atom is -0.462 e. The second-order valence-electron chi connectivity index (χ2n) is 6.43. The van der Waals surface area contributed by atoms with E-state index in [0.717, 1.165) is 16.9 Å². The molecule has 30 heavy (non-hydrogen) atoms. The van der Waals surface area contributed by atoms with Gasteiger partial charge in [0.2, 0.25) is 6.79 Å². The van der Waals surface area contributed by atoms with Crippen LogP contribution in [-0.4, -0.2) is 37.9 Å². The van der Waals surface area contributed by atoms with Gasteiger partial charge >= 0.3 is 11.9 Å². The molecule has 0 radical (unpaired) electrons. The van der Waals surface area contributed by atoms with Crippen molar-refractivity contribution in [2.24, 2.45) is 0 Å². The highest BCUT2D eigenvalue weighted by atomic mass is 32.1. The van der Waals surface area contributed by atoms with Crippen LogP contribution >= 0.6 is 11.3 Å². The monoisotopic (exact) mass is 433 g/mol. The van der Waals surface area contributed by atoms with Gasteiger partial charge in [-0.3, -0.25) is 9.59 Å². The number of nitrogens with one attached hydrogen (secondary N) is 1. The standard InChI is InChI=1S/C21H23NO7S/c1-3-14-10-15(21(25)26-4-2)20(30-14)22-18(23)11-27-19(24)8-6-13-5-7-16-17(9-13)29-12-28-16/h5,7,9-10H,3-4,6,8,11-12H2,1-2H3,(H,22,23). The molecule has 1 aliphatic rings. The van der Waals surface area contributed by atoms with Crippen LogP contribution in [-0.2, 0) is 31.9 Å². The van der Waals surface area contributed by atoms with Crippen LogP contribution in [0.15, 0.2) is 24.3 Å². The van der Waals surface area contributed by atoms with E-state index < -0.39 is 24.5 Å². The van der Waals surface area contributed by atoms with Crippen LogP contribution in [0.5, 0.6) is 11.5 Å². The van der Waals surface area contributed by atoms with Gasteiger partial charge in [-0.25, -0.2) is 4.79 Å². The lowest BCUT2D eigenvalue weighted by Gasteiger charge is -2.07. The van der Waals surface area contributed by atoms with Crippen molar-refractivity contribution >= 4 is 34.2 Å². The van der Waals surface area contributed by atoms with Crippen molar-refractivity contribution in [3.63, 3.8) is 0 Å². The minimum atomic E-state index is -0.513. The van der Waals surface area contributed by atoms with Gasteiger partial charge in [0.1, 0.15) is 5.00 Å². The van der Waals surface area contributed by atoms with Gasteiger partial charge in [-0.2, -0.15) is 0 Å². The molecule has 1 aliphatic heterocycles. The van der Waals surface area contributed by atoms with Gasteiger partial charge in [0.25, 0.3) is 5.91 Å². The predicted octanol–water partition coefficient (Wildman–Crippen LogP) is 3.33. The number of ether oxygens (including phenoxy) is 4. The summed E-state index contributed by atoms with van der Waals surface area (Å²) in [6.07, 6.45) is 1.30. The van der Waals surface area contributed by atoms with Crippen LogP contribution in [0.1, 0.15) is 41.1 Å². The topological polar surface area (TPSA) is 100 Å². The number of carbonyl (C=O) groups excluding carboxylic acids is 3. The molecule has 1 N–H and O–H groups in total. The molecule has 0 bridgehead atoms. The summed E-state index contributed by atoms with van der Waals surface area (Å²) >= 11 is 1.30. The van der Waals surface area contributed by atoms with Crippen LogP contribution in [0.3, 0.4) is 0 Å². The van der Waals surface area contributed by atoms with Crippen LogP contribution in [0.2, 0.25) is 0 Å². The Bertz CT molecular complexity index is 937. The van der Waals surface area contributed by atoms with Gasteiger partial charge in [0.05, 0.1) is 12.2 Å². The molecule has 2 heterocycles. The number of benzene rings is 1. The molecular weight excluding hydrogens is 410 g/mol. The second kappa shape index (κ2) is 10.1. The maximum absolute atomic E-state index is 12.2. The number of rotatable bonds is 9. The summed E-state index contributed by atoms with van der Waals surface area (Å²) in [7, 11) is 0. The molecule has 0 unspecified atom stereocenters. The highest BCUT2D eigenvalue weighted by molar-refractivity contribution is 7.16. The Kier molecular flexibility index (Phi) is 7.29. The summed E-state index contributed by atoms with van der Waals surface area (Å²) in [5.41, 5.74) is 1.21. The third-order valence-corrected chi connectivity index (χ3v) is 5.49. The van der Waals surface area contributed by atoms with E-state index in [2.05, 4.69) is 5.32 Å². The van der Waals surface area contributed by atoms with E-state index in [1.807, 2.05) is 19.1 Å². The maximum atomic E-state index is 12.2. The predicted molar refractivity (Wildman–Crippen MR) is 110 cm³/mol. The average Bonchev–Trinajstić information content (AvgIpc) is 3.37. The highest BCUT2D eigenvalue weighted by Crippen LogP contribution is 2.33. The number of esters is 2. The van der Waals surface area contributed by atoms with Crippen LogP contribution in [0, 0.1) is 0 Å². The number of thiophene rings is 1. The molecule has 0 saturated carbocycles. The zero-order valence-corrected chi connectivity index (χ0v) is 17.6. The lowest BCUT2D eigenvalue weighted by atomic mass is 10.1. The molecule has 9 heteroatoms. The zero-order chi connectivity index (χ0) is 21.5.